The van der Waals surface area contributed by atoms with Crippen LogP contribution in [0.1, 0.15) is 6.92 Å². The minimum atomic E-state index is -0.769. The van der Waals surface area contributed by atoms with Gasteiger partial charge < -0.3 is 4.74 Å². The van der Waals surface area contributed by atoms with E-state index in [-0.39, 0.29) is 5.57 Å². The van der Waals surface area contributed by atoms with E-state index in [9.17, 15) is 9.18 Å². The molecule has 0 atom stereocenters. The molecule has 0 saturated heterocycles. The molecule has 0 spiro atoms. The monoisotopic (exact) mass is 144 g/mol. The van der Waals surface area contributed by atoms with Crippen LogP contribution in [0.25, 0.3) is 0 Å². The van der Waals surface area contributed by atoms with Crippen LogP contribution in [-0.4, -0.2) is 13.1 Å². The lowest BCUT2D eigenvalue weighted by Gasteiger charge is -1.98. The lowest BCUT2D eigenvalue weighted by molar-refractivity contribution is -0.135. The largest absolute Gasteiger partial charge is 0.465 e. The summed E-state index contributed by atoms with van der Waals surface area (Å²) in [4.78, 5) is 10.6. The Balaban J connectivity index is 4.39. The SMILES string of the molecule is C=C(F)C(=CC)C(=O)OC. The molecule has 0 N–H and O–H groups in total. The number of carbonyl (C=O) groups is 1. The standard InChI is InChI=1S/C7H9FO2/c1-4-6(5(2)8)7(9)10-3/h4H,2H2,1,3H3. The van der Waals surface area contributed by atoms with E-state index < -0.39 is 11.8 Å². The van der Waals surface area contributed by atoms with Crippen molar-refractivity contribution in [2.45, 2.75) is 6.92 Å². The predicted molar refractivity (Wildman–Crippen MR) is 36.0 cm³/mol. The average Bonchev–Trinajstić information content (AvgIpc) is 1.88. The Hall–Kier alpha value is -1.12. The predicted octanol–water partition coefficient (Wildman–Crippen LogP) is 1.59. The van der Waals surface area contributed by atoms with Gasteiger partial charge in [0.25, 0.3) is 0 Å². The summed E-state index contributed by atoms with van der Waals surface area (Å²) in [5.74, 6) is -1.47. The van der Waals surface area contributed by atoms with Crippen LogP contribution in [0, 0.1) is 0 Å². The Morgan fingerprint density at radius 2 is 2.20 bits per heavy atom. The topological polar surface area (TPSA) is 26.3 Å². The fraction of sp³-hybridized carbons (Fsp3) is 0.286. The number of methoxy groups -OCH3 is 1. The van der Waals surface area contributed by atoms with Crippen molar-refractivity contribution in [1.29, 1.82) is 0 Å². The summed E-state index contributed by atoms with van der Waals surface area (Å²) in [6, 6.07) is 0. The molecular weight excluding hydrogens is 135 g/mol. The van der Waals surface area contributed by atoms with E-state index in [0.717, 1.165) is 0 Å². The molecule has 0 fully saturated rings. The van der Waals surface area contributed by atoms with Gasteiger partial charge in [0.05, 0.1) is 12.7 Å². The van der Waals surface area contributed by atoms with E-state index in [2.05, 4.69) is 11.3 Å². The molecule has 0 radical (unpaired) electrons. The van der Waals surface area contributed by atoms with Crippen LogP contribution in [0.15, 0.2) is 24.1 Å². The van der Waals surface area contributed by atoms with E-state index in [1.54, 1.807) is 0 Å². The molecule has 0 rings (SSSR count). The van der Waals surface area contributed by atoms with Crippen LogP contribution in [0.2, 0.25) is 0 Å². The normalized spacial score (nSPS) is 10.9. The first-order valence-corrected chi connectivity index (χ1v) is 2.73. The van der Waals surface area contributed by atoms with Gasteiger partial charge in [0, 0.05) is 0 Å². The zero-order chi connectivity index (χ0) is 8.15. The lowest BCUT2D eigenvalue weighted by atomic mass is 10.2. The number of ether oxygens (including phenoxy) is 1. The highest BCUT2D eigenvalue weighted by molar-refractivity contribution is 5.92. The first kappa shape index (κ1) is 8.88. The van der Waals surface area contributed by atoms with Crippen LogP contribution in [0.5, 0.6) is 0 Å². The first-order chi connectivity index (χ1) is 4.63. The number of esters is 1. The summed E-state index contributed by atoms with van der Waals surface area (Å²) in [7, 11) is 1.19. The highest BCUT2D eigenvalue weighted by Gasteiger charge is 2.10. The van der Waals surface area contributed by atoms with Crippen LogP contribution in [-0.2, 0) is 9.53 Å². The van der Waals surface area contributed by atoms with Crippen LogP contribution in [0.4, 0.5) is 4.39 Å². The van der Waals surface area contributed by atoms with Crippen LogP contribution >= 0.6 is 0 Å². The van der Waals surface area contributed by atoms with E-state index in [1.807, 2.05) is 0 Å². The lowest BCUT2D eigenvalue weighted by Crippen LogP contribution is -2.04. The molecule has 0 aromatic carbocycles. The van der Waals surface area contributed by atoms with Crippen molar-refractivity contribution in [2.75, 3.05) is 7.11 Å². The number of allylic oxidation sites excluding steroid dienone is 1. The van der Waals surface area contributed by atoms with Crippen molar-refractivity contribution in [2.24, 2.45) is 0 Å². The molecule has 0 saturated carbocycles. The van der Waals surface area contributed by atoms with Crippen molar-refractivity contribution >= 4 is 5.97 Å². The number of hydrogen-bond donors (Lipinski definition) is 0. The number of hydrogen-bond acceptors (Lipinski definition) is 2. The van der Waals surface area contributed by atoms with Crippen LogP contribution in [0.3, 0.4) is 0 Å². The first-order valence-electron chi connectivity index (χ1n) is 2.73. The third kappa shape index (κ3) is 2.01. The maximum atomic E-state index is 12.2. The van der Waals surface area contributed by atoms with Gasteiger partial charge in [-0.1, -0.05) is 12.7 Å². The Morgan fingerprint density at radius 1 is 1.70 bits per heavy atom. The summed E-state index contributed by atoms with van der Waals surface area (Å²) in [6.45, 7) is 4.50. The van der Waals surface area contributed by atoms with Gasteiger partial charge in [-0.2, -0.15) is 0 Å². The zero-order valence-electron chi connectivity index (χ0n) is 5.98. The Bertz CT molecular complexity index is 182. The van der Waals surface area contributed by atoms with E-state index >= 15 is 0 Å². The maximum Gasteiger partial charge on any atom is 0.340 e. The van der Waals surface area contributed by atoms with Gasteiger partial charge >= 0.3 is 5.97 Å². The second kappa shape index (κ2) is 3.82. The molecular formula is C7H9FO2. The Labute approximate surface area is 59.0 Å². The maximum absolute atomic E-state index is 12.2. The molecule has 0 unspecified atom stereocenters. The molecule has 0 aliphatic rings. The average molecular weight is 144 g/mol. The minimum Gasteiger partial charge on any atom is -0.465 e. The van der Waals surface area contributed by atoms with Gasteiger partial charge in [-0.25, -0.2) is 9.18 Å². The molecule has 0 aliphatic carbocycles. The summed E-state index contributed by atoms with van der Waals surface area (Å²) in [6.07, 6.45) is 1.31. The summed E-state index contributed by atoms with van der Waals surface area (Å²) >= 11 is 0. The summed E-state index contributed by atoms with van der Waals surface area (Å²) < 4.78 is 16.5. The molecule has 0 aliphatic heterocycles. The molecule has 0 aromatic rings. The molecule has 0 amide bonds. The number of rotatable bonds is 2. The van der Waals surface area contributed by atoms with Gasteiger partial charge in [-0.15, -0.1) is 0 Å². The number of carbonyl (C=O) groups excluding carboxylic acids is 1. The molecule has 3 heteroatoms. The van der Waals surface area contributed by atoms with Crippen molar-refractivity contribution in [3.05, 3.63) is 24.1 Å². The summed E-state index contributed by atoms with van der Waals surface area (Å²) in [5, 5.41) is 0. The second-order valence-electron chi connectivity index (χ2n) is 1.60. The van der Waals surface area contributed by atoms with Gasteiger partial charge in [0.1, 0.15) is 5.83 Å². The molecule has 10 heavy (non-hydrogen) atoms. The zero-order valence-corrected chi connectivity index (χ0v) is 5.98. The Kier molecular flexibility index (Phi) is 3.39. The fourth-order valence-electron chi connectivity index (χ4n) is 0.495. The number of halogens is 1. The van der Waals surface area contributed by atoms with Crippen molar-refractivity contribution in [1.82, 2.24) is 0 Å². The van der Waals surface area contributed by atoms with E-state index in [0.29, 0.717) is 0 Å². The highest BCUT2D eigenvalue weighted by atomic mass is 19.1. The van der Waals surface area contributed by atoms with E-state index in [4.69, 9.17) is 0 Å². The minimum absolute atomic E-state index is 0.123. The highest BCUT2D eigenvalue weighted by Crippen LogP contribution is 2.09. The Morgan fingerprint density at radius 3 is 2.30 bits per heavy atom. The molecule has 0 aromatic heterocycles. The molecule has 0 heterocycles. The third-order valence-electron chi connectivity index (χ3n) is 0.986. The second-order valence-corrected chi connectivity index (χ2v) is 1.60. The quantitative estimate of drug-likeness (QED) is 0.334. The smallest absolute Gasteiger partial charge is 0.340 e. The van der Waals surface area contributed by atoms with Crippen molar-refractivity contribution < 1.29 is 13.9 Å². The van der Waals surface area contributed by atoms with Crippen LogP contribution < -0.4 is 0 Å². The molecule has 2 nitrogen and oxygen atoms in total. The summed E-state index contributed by atoms with van der Waals surface area (Å²) in [5.41, 5.74) is -0.123. The van der Waals surface area contributed by atoms with Gasteiger partial charge in [-0.3, -0.25) is 0 Å². The van der Waals surface area contributed by atoms with Gasteiger partial charge in [-0.05, 0) is 6.92 Å². The molecule has 56 valence electrons. The molecule has 0 bridgehead atoms. The van der Waals surface area contributed by atoms with Gasteiger partial charge in [0.2, 0.25) is 0 Å². The fourth-order valence-corrected chi connectivity index (χ4v) is 0.495. The van der Waals surface area contributed by atoms with Gasteiger partial charge in [0.15, 0.2) is 0 Å². The third-order valence-corrected chi connectivity index (χ3v) is 0.986. The van der Waals surface area contributed by atoms with Crippen molar-refractivity contribution in [3.63, 3.8) is 0 Å². The van der Waals surface area contributed by atoms with Crippen molar-refractivity contribution in [3.8, 4) is 0 Å². The van der Waals surface area contributed by atoms with E-state index in [1.165, 1.54) is 20.1 Å².